The first-order valence-corrected chi connectivity index (χ1v) is 9.83. The first kappa shape index (κ1) is 18.0. The minimum atomic E-state index is 0.211. The Kier molecular flexibility index (Phi) is 5.13. The third-order valence-electron chi connectivity index (χ3n) is 5.86. The number of piperidine rings is 1. The lowest BCUT2D eigenvalue weighted by molar-refractivity contribution is 0.103. The minimum absolute atomic E-state index is 0.211. The molecule has 27 heavy (non-hydrogen) atoms. The van der Waals surface area contributed by atoms with Crippen LogP contribution in [0.25, 0.3) is 0 Å². The zero-order valence-electron chi connectivity index (χ0n) is 16.2. The van der Waals surface area contributed by atoms with E-state index in [1.54, 1.807) is 7.11 Å². The summed E-state index contributed by atoms with van der Waals surface area (Å²) >= 11 is 0. The van der Waals surface area contributed by atoms with Gasteiger partial charge in [0.1, 0.15) is 5.75 Å². The molecule has 2 aliphatic rings. The zero-order chi connectivity index (χ0) is 18.8. The summed E-state index contributed by atoms with van der Waals surface area (Å²) in [5.74, 6) is 1.59. The molecule has 0 amide bonds. The number of rotatable bonds is 4. The molecule has 0 atom stereocenters. The number of fused-ring (bicyclic) bond motifs is 1. The second-order valence-corrected chi connectivity index (χ2v) is 7.78. The summed E-state index contributed by atoms with van der Waals surface area (Å²) in [6, 6.07) is 14.7. The van der Waals surface area contributed by atoms with Crippen LogP contribution in [0.4, 0.5) is 0 Å². The van der Waals surface area contributed by atoms with E-state index in [0.29, 0.717) is 5.92 Å². The summed E-state index contributed by atoms with van der Waals surface area (Å²) in [7, 11) is 1.69. The lowest BCUT2D eigenvalue weighted by atomic mass is 9.93. The van der Waals surface area contributed by atoms with Crippen LogP contribution in [-0.4, -0.2) is 30.9 Å². The molecule has 0 aromatic heterocycles. The molecule has 0 spiro atoms. The molecule has 140 valence electrons. The molecule has 1 saturated heterocycles. The molecular formula is C24H27NO2. The second-order valence-electron chi connectivity index (χ2n) is 7.78. The van der Waals surface area contributed by atoms with Crippen molar-refractivity contribution in [1.82, 2.24) is 4.90 Å². The Morgan fingerprint density at radius 2 is 1.89 bits per heavy atom. The van der Waals surface area contributed by atoms with Gasteiger partial charge in [-0.15, -0.1) is 0 Å². The molecule has 1 aliphatic heterocycles. The highest BCUT2D eigenvalue weighted by Crippen LogP contribution is 2.33. The third kappa shape index (κ3) is 3.84. The number of benzene rings is 2. The Morgan fingerprint density at radius 3 is 2.59 bits per heavy atom. The molecule has 0 bridgehead atoms. The van der Waals surface area contributed by atoms with E-state index in [9.17, 15) is 4.79 Å². The molecule has 0 saturated carbocycles. The maximum absolute atomic E-state index is 12.8. The smallest absolute Gasteiger partial charge is 0.189 e. The molecule has 3 nitrogen and oxygen atoms in total. The van der Waals surface area contributed by atoms with E-state index in [4.69, 9.17) is 4.74 Å². The number of aryl methyl sites for hydroxylation is 1. The minimum Gasteiger partial charge on any atom is -0.496 e. The van der Waals surface area contributed by atoms with Crippen LogP contribution in [-0.2, 0) is 13.0 Å². The second kappa shape index (κ2) is 7.69. The van der Waals surface area contributed by atoms with Gasteiger partial charge in [-0.25, -0.2) is 0 Å². The quantitative estimate of drug-likeness (QED) is 0.747. The number of Topliss-reactive ketones (excluding diaryl/α,β-unsaturated/α-hetero) is 1. The van der Waals surface area contributed by atoms with Crippen molar-refractivity contribution in [2.75, 3.05) is 20.2 Å². The maximum Gasteiger partial charge on any atom is 0.189 e. The fourth-order valence-corrected chi connectivity index (χ4v) is 4.30. The van der Waals surface area contributed by atoms with Crippen molar-refractivity contribution in [1.29, 1.82) is 0 Å². The molecule has 2 aromatic rings. The SMILES string of the molecule is COc1cc2c(cc1C)C(=O)/C(=C\C1CCN(Cc3ccccc3)CC1)C2. The number of carbonyl (C=O) groups is 1. The highest BCUT2D eigenvalue weighted by atomic mass is 16.5. The molecule has 4 rings (SSSR count). The van der Waals surface area contributed by atoms with Crippen molar-refractivity contribution in [2.45, 2.75) is 32.7 Å². The van der Waals surface area contributed by atoms with Crippen LogP contribution in [0, 0.1) is 12.8 Å². The molecule has 2 aromatic carbocycles. The summed E-state index contributed by atoms with van der Waals surface area (Å²) in [6.07, 6.45) is 5.25. The van der Waals surface area contributed by atoms with Crippen LogP contribution in [0.5, 0.6) is 5.75 Å². The molecule has 0 N–H and O–H groups in total. The van der Waals surface area contributed by atoms with Crippen LogP contribution in [0.3, 0.4) is 0 Å². The van der Waals surface area contributed by atoms with Gasteiger partial charge in [-0.3, -0.25) is 9.69 Å². The van der Waals surface area contributed by atoms with E-state index < -0.39 is 0 Å². The van der Waals surface area contributed by atoms with E-state index in [0.717, 1.165) is 66.9 Å². The molecular weight excluding hydrogens is 334 g/mol. The summed E-state index contributed by atoms with van der Waals surface area (Å²) in [6.45, 7) is 5.21. The number of allylic oxidation sites excluding steroid dienone is 2. The largest absolute Gasteiger partial charge is 0.496 e. The molecule has 1 aliphatic carbocycles. The Morgan fingerprint density at radius 1 is 1.15 bits per heavy atom. The Bertz CT molecular complexity index is 861. The lowest BCUT2D eigenvalue weighted by Gasteiger charge is -2.30. The van der Waals surface area contributed by atoms with Crippen molar-refractivity contribution >= 4 is 5.78 Å². The first-order valence-electron chi connectivity index (χ1n) is 9.83. The van der Waals surface area contributed by atoms with Crippen LogP contribution < -0.4 is 4.74 Å². The van der Waals surface area contributed by atoms with Crippen LogP contribution in [0.2, 0.25) is 0 Å². The van der Waals surface area contributed by atoms with Gasteiger partial charge < -0.3 is 4.74 Å². The van der Waals surface area contributed by atoms with Crippen molar-refractivity contribution in [3.05, 3.63) is 76.4 Å². The van der Waals surface area contributed by atoms with Crippen LogP contribution in [0.1, 0.15) is 39.9 Å². The fourth-order valence-electron chi connectivity index (χ4n) is 4.30. The predicted octanol–water partition coefficient (Wildman–Crippen LogP) is 4.58. The Balaban J connectivity index is 1.40. The van der Waals surface area contributed by atoms with E-state index in [1.165, 1.54) is 5.56 Å². The summed E-state index contributed by atoms with van der Waals surface area (Å²) in [5, 5.41) is 0. The number of ether oxygens (including phenoxy) is 1. The van der Waals surface area contributed by atoms with Gasteiger partial charge in [0.05, 0.1) is 7.11 Å². The zero-order valence-corrected chi connectivity index (χ0v) is 16.2. The van der Waals surface area contributed by atoms with Gasteiger partial charge in [-0.05, 0) is 67.6 Å². The van der Waals surface area contributed by atoms with Crippen molar-refractivity contribution in [3.63, 3.8) is 0 Å². The first-order chi connectivity index (χ1) is 13.1. The van der Waals surface area contributed by atoms with E-state index >= 15 is 0 Å². The number of ketones is 1. The molecule has 0 radical (unpaired) electrons. The third-order valence-corrected chi connectivity index (χ3v) is 5.86. The van der Waals surface area contributed by atoms with Crippen LogP contribution in [0.15, 0.2) is 54.1 Å². The number of hydrogen-bond donors (Lipinski definition) is 0. The standard InChI is InChI=1S/C24H27NO2/c1-17-12-22-20(15-23(17)27-2)14-21(24(22)26)13-18-8-10-25(11-9-18)16-19-6-4-3-5-7-19/h3-7,12-13,15,18H,8-11,14,16H2,1-2H3/b21-13-. The van der Waals surface area contributed by atoms with Gasteiger partial charge in [0.25, 0.3) is 0 Å². The monoisotopic (exact) mass is 361 g/mol. The fraction of sp³-hybridized carbons (Fsp3) is 0.375. The average molecular weight is 361 g/mol. The Labute approximate surface area is 161 Å². The lowest BCUT2D eigenvalue weighted by Crippen LogP contribution is -2.32. The normalized spacial score (nSPS) is 19.5. The summed E-state index contributed by atoms with van der Waals surface area (Å²) < 4.78 is 5.42. The molecule has 1 heterocycles. The van der Waals surface area contributed by atoms with Crippen molar-refractivity contribution in [2.24, 2.45) is 5.92 Å². The molecule has 0 unspecified atom stereocenters. The summed E-state index contributed by atoms with van der Waals surface area (Å²) in [5.41, 5.74) is 5.34. The number of methoxy groups -OCH3 is 1. The molecule has 3 heteroatoms. The highest BCUT2D eigenvalue weighted by molar-refractivity contribution is 6.13. The van der Waals surface area contributed by atoms with Crippen molar-refractivity contribution < 1.29 is 9.53 Å². The van der Waals surface area contributed by atoms with E-state index in [-0.39, 0.29) is 5.78 Å². The number of nitrogens with zero attached hydrogens (tertiary/aromatic N) is 1. The predicted molar refractivity (Wildman–Crippen MR) is 108 cm³/mol. The van der Waals surface area contributed by atoms with Crippen LogP contribution >= 0.6 is 0 Å². The number of likely N-dealkylation sites (tertiary alicyclic amines) is 1. The van der Waals surface area contributed by atoms with Gasteiger partial charge in [0, 0.05) is 24.1 Å². The van der Waals surface area contributed by atoms with Gasteiger partial charge in [-0.1, -0.05) is 36.4 Å². The topological polar surface area (TPSA) is 29.5 Å². The average Bonchev–Trinajstić information content (AvgIpc) is 2.98. The summed E-state index contributed by atoms with van der Waals surface area (Å²) in [4.78, 5) is 15.3. The number of carbonyl (C=O) groups excluding carboxylic acids is 1. The van der Waals surface area contributed by atoms with Crippen molar-refractivity contribution in [3.8, 4) is 5.75 Å². The van der Waals surface area contributed by atoms with E-state index in [2.05, 4.69) is 41.3 Å². The molecule has 1 fully saturated rings. The highest BCUT2D eigenvalue weighted by Gasteiger charge is 2.28. The van der Waals surface area contributed by atoms with Gasteiger partial charge in [0.2, 0.25) is 0 Å². The van der Waals surface area contributed by atoms with Gasteiger partial charge in [-0.2, -0.15) is 0 Å². The van der Waals surface area contributed by atoms with E-state index in [1.807, 2.05) is 19.1 Å². The van der Waals surface area contributed by atoms with Gasteiger partial charge in [0.15, 0.2) is 5.78 Å². The maximum atomic E-state index is 12.8. The van der Waals surface area contributed by atoms with Gasteiger partial charge >= 0.3 is 0 Å². The number of hydrogen-bond acceptors (Lipinski definition) is 3. The Hall–Kier alpha value is -2.39.